The highest BCUT2D eigenvalue weighted by atomic mass is 32.1. The Balaban J connectivity index is 1.68. The molecule has 0 aliphatic carbocycles. The highest BCUT2D eigenvalue weighted by Crippen LogP contribution is 2.17. The Bertz CT molecular complexity index is 502. The molecule has 2 rings (SSSR count). The lowest BCUT2D eigenvalue weighted by molar-refractivity contribution is -0.126. The molecule has 1 fully saturated rings. The Morgan fingerprint density at radius 2 is 2.26 bits per heavy atom. The van der Waals surface area contributed by atoms with E-state index in [9.17, 15) is 4.79 Å². The molecule has 1 aliphatic rings. The van der Waals surface area contributed by atoms with Gasteiger partial charge in [-0.3, -0.25) is 9.69 Å². The van der Waals surface area contributed by atoms with Gasteiger partial charge in [-0.1, -0.05) is 13.8 Å². The molecule has 1 aliphatic heterocycles. The predicted molar refractivity (Wildman–Crippen MR) is 94.0 cm³/mol. The fourth-order valence-electron chi connectivity index (χ4n) is 2.63. The van der Waals surface area contributed by atoms with E-state index in [0.717, 1.165) is 30.2 Å². The fraction of sp³-hybridized carbons (Fsp3) is 0.765. The quantitative estimate of drug-likeness (QED) is 0.829. The topological polar surface area (TPSA) is 54.5 Å². The molecule has 0 spiro atoms. The summed E-state index contributed by atoms with van der Waals surface area (Å²) in [6.45, 7) is 11.8. The number of rotatable bonds is 7. The lowest BCUT2D eigenvalue weighted by Gasteiger charge is -2.35. The van der Waals surface area contributed by atoms with Gasteiger partial charge < -0.3 is 10.1 Å². The summed E-state index contributed by atoms with van der Waals surface area (Å²) < 4.78 is 5.71. The summed E-state index contributed by atoms with van der Waals surface area (Å²) in [7, 11) is 0. The van der Waals surface area contributed by atoms with Crippen LogP contribution in [0.4, 0.5) is 0 Å². The molecular weight excluding hydrogens is 310 g/mol. The van der Waals surface area contributed by atoms with Crippen LogP contribution in [0.3, 0.4) is 0 Å². The van der Waals surface area contributed by atoms with E-state index in [1.165, 1.54) is 0 Å². The SMILES string of the molecule is CC(C)c1csc(CCNC(=O)CC2CN(C(C)C)CCO2)n1. The Morgan fingerprint density at radius 3 is 2.91 bits per heavy atom. The maximum atomic E-state index is 12.1. The van der Waals surface area contributed by atoms with Crippen molar-refractivity contribution in [3.05, 3.63) is 16.1 Å². The van der Waals surface area contributed by atoms with Gasteiger partial charge in [0.2, 0.25) is 5.91 Å². The van der Waals surface area contributed by atoms with Crippen molar-refractivity contribution >= 4 is 17.2 Å². The average Bonchev–Trinajstić information content (AvgIpc) is 2.96. The van der Waals surface area contributed by atoms with Gasteiger partial charge in [0.1, 0.15) is 0 Å². The van der Waals surface area contributed by atoms with Crippen molar-refractivity contribution in [3.8, 4) is 0 Å². The molecule has 0 bridgehead atoms. The number of amides is 1. The summed E-state index contributed by atoms with van der Waals surface area (Å²) in [6.07, 6.45) is 1.25. The summed E-state index contributed by atoms with van der Waals surface area (Å²) in [5.74, 6) is 0.531. The first-order chi connectivity index (χ1) is 11.0. The largest absolute Gasteiger partial charge is 0.375 e. The molecule has 1 aromatic rings. The van der Waals surface area contributed by atoms with Gasteiger partial charge in [0.05, 0.1) is 29.8 Å². The Hall–Kier alpha value is -0.980. The molecule has 0 aromatic carbocycles. The van der Waals surface area contributed by atoms with E-state index in [2.05, 4.69) is 48.3 Å². The molecule has 1 unspecified atom stereocenters. The molecule has 1 aromatic heterocycles. The normalized spacial score (nSPS) is 19.5. The molecule has 1 amide bonds. The van der Waals surface area contributed by atoms with Crippen molar-refractivity contribution in [2.24, 2.45) is 0 Å². The number of nitrogens with one attached hydrogen (secondary N) is 1. The summed E-state index contributed by atoms with van der Waals surface area (Å²) >= 11 is 1.67. The second-order valence-electron chi connectivity index (χ2n) is 6.71. The first kappa shape index (κ1) is 18.4. The van der Waals surface area contributed by atoms with E-state index in [1.807, 2.05) is 0 Å². The van der Waals surface area contributed by atoms with E-state index in [0.29, 0.717) is 31.5 Å². The minimum atomic E-state index is 0.0126. The zero-order chi connectivity index (χ0) is 16.8. The maximum Gasteiger partial charge on any atom is 0.222 e. The van der Waals surface area contributed by atoms with Crippen LogP contribution in [0, 0.1) is 0 Å². The van der Waals surface area contributed by atoms with Crippen LogP contribution in [0.1, 0.15) is 50.7 Å². The molecule has 6 heteroatoms. The average molecular weight is 340 g/mol. The first-order valence-electron chi connectivity index (χ1n) is 8.52. The summed E-state index contributed by atoms with van der Waals surface area (Å²) in [5.41, 5.74) is 1.14. The maximum absolute atomic E-state index is 12.1. The Morgan fingerprint density at radius 1 is 1.48 bits per heavy atom. The third-order valence-corrected chi connectivity index (χ3v) is 5.06. The first-order valence-corrected chi connectivity index (χ1v) is 9.40. The van der Waals surface area contributed by atoms with E-state index in [-0.39, 0.29) is 12.0 Å². The lowest BCUT2D eigenvalue weighted by Crippen LogP contribution is -2.47. The lowest BCUT2D eigenvalue weighted by atomic mass is 10.1. The Labute approximate surface area is 143 Å². The highest BCUT2D eigenvalue weighted by molar-refractivity contribution is 7.09. The van der Waals surface area contributed by atoms with Gasteiger partial charge in [0.25, 0.3) is 0 Å². The van der Waals surface area contributed by atoms with Crippen molar-refractivity contribution in [2.75, 3.05) is 26.2 Å². The molecule has 1 saturated heterocycles. The van der Waals surface area contributed by atoms with E-state index < -0.39 is 0 Å². The van der Waals surface area contributed by atoms with Crippen LogP contribution in [0.15, 0.2) is 5.38 Å². The summed E-state index contributed by atoms with van der Waals surface area (Å²) in [5, 5.41) is 6.19. The zero-order valence-electron chi connectivity index (χ0n) is 14.7. The molecule has 23 heavy (non-hydrogen) atoms. The van der Waals surface area contributed by atoms with E-state index >= 15 is 0 Å². The van der Waals surface area contributed by atoms with Gasteiger partial charge in [-0.15, -0.1) is 11.3 Å². The monoisotopic (exact) mass is 339 g/mol. The van der Waals surface area contributed by atoms with Crippen LogP contribution >= 0.6 is 11.3 Å². The van der Waals surface area contributed by atoms with Gasteiger partial charge in [-0.25, -0.2) is 4.98 Å². The van der Waals surface area contributed by atoms with Crippen molar-refractivity contribution < 1.29 is 9.53 Å². The molecule has 1 N–H and O–H groups in total. The number of morpholine rings is 1. The molecule has 0 saturated carbocycles. The highest BCUT2D eigenvalue weighted by Gasteiger charge is 2.24. The third-order valence-electron chi connectivity index (χ3n) is 4.14. The van der Waals surface area contributed by atoms with Gasteiger partial charge in [0, 0.05) is 37.5 Å². The second-order valence-corrected chi connectivity index (χ2v) is 7.65. The molecule has 2 heterocycles. The van der Waals surface area contributed by atoms with Crippen molar-refractivity contribution in [3.63, 3.8) is 0 Å². The number of hydrogen-bond donors (Lipinski definition) is 1. The van der Waals surface area contributed by atoms with Crippen LogP contribution in [-0.2, 0) is 16.0 Å². The number of thiazole rings is 1. The van der Waals surface area contributed by atoms with Gasteiger partial charge >= 0.3 is 0 Å². The van der Waals surface area contributed by atoms with Crippen molar-refractivity contribution in [2.45, 2.75) is 58.6 Å². The van der Waals surface area contributed by atoms with Crippen LogP contribution < -0.4 is 5.32 Å². The van der Waals surface area contributed by atoms with Crippen LogP contribution in [0.2, 0.25) is 0 Å². The summed E-state index contributed by atoms with van der Waals surface area (Å²) in [4.78, 5) is 19.0. The molecule has 1 atom stereocenters. The standard InChI is InChI=1S/C17H29N3O2S/c1-12(2)15-11-23-17(19-15)5-6-18-16(21)9-14-10-20(13(3)4)7-8-22-14/h11-14H,5-10H2,1-4H3,(H,18,21). The smallest absolute Gasteiger partial charge is 0.222 e. The fourth-order valence-corrected chi connectivity index (χ4v) is 3.59. The molecular formula is C17H29N3O2S. The third kappa shape index (κ3) is 5.86. The molecule has 5 nitrogen and oxygen atoms in total. The number of hydrogen-bond acceptors (Lipinski definition) is 5. The number of aromatic nitrogens is 1. The van der Waals surface area contributed by atoms with Crippen molar-refractivity contribution in [1.29, 1.82) is 0 Å². The number of nitrogens with zero attached hydrogens (tertiary/aromatic N) is 2. The minimum absolute atomic E-state index is 0.0126. The second kappa shape index (κ2) is 8.76. The number of carbonyl (C=O) groups excluding carboxylic acids is 1. The van der Waals surface area contributed by atoms with Crippen LogP contribution in [0.25, 0.3) is 0 Å². The summed E-state index contributed by atoms with van der Waals surface area (Å²) in [6, 6.07) is 0.504. The van der Waals surface area contributed by atoms with Crippen LogP contribution in [-0.4, -0.2) is 54.2 Å². The van der Waals surface area contributed by atoms with Gasteiger partial charge in [0.15, 0.2) is 0 Å². The zero-order valence-corrected chi connectivity index (χ0v) is 15.5. The van der Waals surface area contributed by atoms with Gasteiger partial charge in [-0.2, -0.15) is 0 Å². The number of ether oxygens (including phenoxy) is 1. The molecule has 0 radical (unpaired) electrons. The van der Waals surface area contributed by atoms with Crippen molar-refractivity contribution in [1.82, 2.24) is 15.2 Å². The van der Waals surface area contributed by atoms with Gasteiger partial charge in [-0.05, 0) is 19.8 Å². The Kier molecular flexibility index (Phi) is 6.99. The van der Waals surface area contributed by atoms with Crippen LogP contribution in [0.5, 0.6) is 0 Å². The predicted octanol–water partition coefficient (Wildman–Crippen LogP) is 2.42. The minimum Gasteiger partial charge on any atom is -0.375 e. The molecule has 130 valence electrons. The van der Waals surface area contributed by atoms with E-state index in [4.69, 9.17) is 4.74 Å². The van der Waals surface area contributed by atoms with E-state index in [1.54, 1.807) is 11.3 Å². The number of carbonyl (C=O) groups is 1.